The van der Waals surface area contributed by atoms with Crippen LogP contribution >= 0.6 is 27.5 Å². The number of hydrogen-bond donors (Lipinski definition) is 0. The number of likely N-dealkylation sites (tertiary alicyclic amines) is 1. The molecular weight excluding hydrogens is 277 g/mol. The topological polar surface area (TPSA) is 20.3 Å². The molecule has 2 atom stereocenters. The fourth-order valence-corrected chi connectivity index (χ4v) is 3.78. The Balaban J connectivity index is 1.94. The normalized spacial score (nSPS) is 35.3. The molecule has 0 aromatic rings. The highest BCUT2D eigenvalue weighted by Gasteiger charge is 2.44. The summed E-state index contributed by atoms with van der Waals surface area (Å²) >= 11 is 9.15. The van der Waals surface area contributed by atoms with Crippen molar-refractivity contribution in [3.63, 3.8) is 0 Å². The van der Waals surface area contributed by atoms with Crippen LogP contribution in [0.3, 0.4) is 0 Å². The van der Waals surface area contributed by atoms with Crippen molar-refractivity contribution in [3.05, 3.63) is 0 Å². The van der Waals surface area contributed by atoms with E-state index in [0.29, 0.717) is 5.41 Å². The zero-order valence-corrected chi connectivity index (χ0v) is 11.2. The predicted octanol–water partition coefficient (Wildman–Crippen LogP) is 2.64. The van der Waals surface area contributed by atoms with E-state index in [9.17, 15) is 4.79 Å². The lowest BCUT2D eigenvalue weighted by Gasteiger charge is -2.23. The molecule has 1 spiro atoms. The highest BCUT2D eigenvalue weighted by molar-refractivity contribution is 9.09. The number of rotatable bonds is 2. The van der Waals surface area contributed by atoms with Crippen molar-refractivity contribution in [2.24, 2.45) is 11.3 Å². The Bertz CT molecular complexity index is 261. The van der Waals surface area contributed by atoms with Gasteiger partial charge in [-0.25, -0.2) is 0 Å². The molecule has 15 heavy (non-hydrogen) atoms. The molecule has 2 fully saturated rings. The molecule has 0 N–H and O–H groups in total. The number of nitrogens with zero attached hydrogens (tertiary/aromatic N) is 1. The molecule has 1 amide bonds. The third kappa shape index (κ3) is 2.33. The zero-order chi connectivity index (χ0) is 10.9. The van der Waals surface area contributed by atoms with Crippen molar-refractivity contribution in [1.82, 2.24) is 4.90 Å². The predicted molar refractivity (Wildman–Crippen MR) is 65.5 cm³/mol. The van der Waals surface area contributed by atoms with Gasteiger partial charge in [-0.05, 0) is 37.0 Å². The quantitative estimate of drug-likeness (QED) is 0.717. The molecule has 0 aromatic carbocycles. The van der Waals surface area contributed by atoms with E-state index in [2.05, 4.69) is 15.9 Å². The third-order valence-electron chi connectivity index (χ3n) is 3.93. The van der Waals surface area contributed by atoms with Crippen LogP contribution in [-0.4, -0.2) is 35.1 Å². The second-order valence-corrected chi connectivity index (χ2v) is 5.88. The third-order valence-corrected chi connectivity index (χ3v) is 5.07. The maximum atomic E-state index is 11.5. The molecule has 2 rings (SSSR count). The number of carbonyl (C=O) groups excluding carboxylic acids is 1. The molecule has 1 saturated heterocycles. The smallest absolute Gasteiger partial charge is 0.237 e. The Labute approximate surface area is 104 Å². The highest BCUT2D eigenvalue weighted by Crippen LogP contribution is 2.48. The van der Waals surface area contributed by atoms with Crippen molar-refractivity contribution >= 4 is 33.4 Å². The second-order valence-electron chi connectivity index (χ2n) is 4.96. The van der Waals surface area contributed by atoms with Crippen LogP contribution in [0.1, 0.15) is 25.7 Å². The molecule has 2 aliphatic rings. The number of hydrogen-bond acceptors (Lipinski definition) is 1. The molecule has 1 aliphatic heterocycles. The summed E-state index contributed by atoms with van der Waals surface area (Å²) in [4.78, 5) is 13.4. The summed E-state index contributed by atoms with van der Waals surface area (Å²) < 4.78 is 0. The van der Waals surface area contributed by atoms with E-state index in [1.165, 1.54) is 25.7 Å². The van der Waals surface area contributed by atoms with E-state index in [4.69, 9.17) is 11.6 Å². The maximum Gasteiger partial charge on any atom is 0.237 e. The van der Waals surface area contributed by atoms with Gasteiger partial charge in [0.1, 0.15) is 5.88 Å². The lowest BCUT2D eigenvalue weighted by atomic mass is 9.85. The van der Waals surface area contributed by atoms with Crippen molar-refractivity contribution in [3.8, 4) is 0 Å². The molecule has 86 valence electrons. The van der Waals surface area contributed by atoms with Gasteiger partial charge in [0.15, 0.2) is 0 Å². The second kappa shape index (κ2) is 4.62. The summed E-state index contributed by atoms with van der Waals surface area (Å²) in [6, 6.07) is 0. The van der Waals surface area contributed by atoms with Crippen molar-refractivity contribution < 1.29 is 4.79 Å². The molecule has 2 nitrogen and oxygen atoms in total. The minimum Gasteiger partial charge on any atom is -0.341 e. The first-order valence-corrected chi connectivity index (χ1v) is 7.24. The SMILES string of the molecule is O=C(CCl)N1CCC2(CCC(CBr)C2)C1. The Morgan fingerprint density at radius 3 is 2.93 bits per heavy atom. The number of amides is 1. The number of alkyl halides is 2. The standard InChI is InChI=1S/C11H17BrClNO/c12-6-9-1-2-11(5-9)3-4-14(8-11)10(15)7-13/h9H,1-8H2. The first-order valence-electron chi connectivity index (χ1n) is 5.59. The van der Waals surface area contributed by atoms with Crippen molar-refractivity contribution in [1.29, 1.82) is 0 Å². The molecule has 0 radical (unpaired) electrons. The molecule has 4 heteroatoms. The summed E-state index contributed by atoms with van der Waals surface area (Å²) in [7, 11) is 0. The van der Waals surface area contributed by atoms with E-state index in [0.717, 1.165) is 24.3 Å². The number of halogens is 2. The van der Waals surface area contributed by atoms with Crippen LogP contribution in [0.2, 0.25) is 0 Å². The van der Waals surface area contributed by atoms with E-state index >= 15 is 0 Å². The lowest BCUT2D eigenvalue weighted by molar-refractivity contribution is -0.127. The Morgan fingerprint density at radius 1 is 1.53 bits per heavy atom. The average molecular weight is 295 g/mol. The minimum absolute atomic E-state index is 0.107. The first-order chi connectivity index (χ1) is 7.19. The molecule has 1 heterocycles. The summed E-state index contributed by atoms with van der Waals surface area (Å²) in [5, 5.41) is 1.11. The molecule has 0 aromatic heterocycles. The van der Waals surface area contributed by atoms with Crippen LogP contribution in [-0.2, 0) is 4.79 Å². The van der Waals surface area contributed by atoms with Crippen LogP contribution in [0.4, 0.5) is 0 Å². The van der Waals surface area contributed by atoms with E-state index in [1.54, 1.807) is 0 Å². The van der Waals surface area contributed by atoms with Gasteiger partial charge in [0.25, 0.3) is 0 Å². The monoisotopic (exact) mass is 293 g/mol. The minimum atomic E-state index is 0.107. The fraction of sp³-hybridized carbons (Fsp3) is 0.909. The molecule has 1 aliphatic carbocycles. The Morgan fingerprint density at radius 2 is 2.33 bits per heavy atom. The summed E-state index contributed by atoms with van der Waals surface area (Å²) in [5.41, 5.74) is 0.431. The largest absolute Gasteiger partial charge is 0.341 e. The van der Waals surface area contributed by atoms with Gasteiger partial charge in [-0.1, -0.05) is 15.9 Å². The number of carbonyl (C=O) groups is 1. The van der Waals surface area contributed by atoms with Gasteiger partial charge in [0.2, 0.25) is 5.91 Å². The maximum absolute atomic E-state index is 11.5. The van der Waals surface area contributed by atoms with Gasteiger partial charge in [-0.3, -0.25) is 4.79 Å². The molecule has 2 unspecified atom stereocenters. The van der Waals surface area contributed by atoms with Crippen LogP contribution in [0.15, 0.2) is 0 Å². The van der Waals surface area contributed by atoms with E-state index in [-0.39, 0.29) is 11.8 Å². The van der Waals surface area contributed by atoms with Gasteiger partial charge < -0.3 is 4.90 Å². The van der Waals surface area contributed by atoms with Crippen LogP contribution < -0.4 is 0 Å². The average Bonchev–Trinajstić information content (AvgIpc) is 2.86. The van der Waals surface area contributed by atoms with Gasteiger partial charge in [0.05, 0.1) is 0 Å². The zero-order valence-electron chi connectivity index (χ0n) is 8.85. The Hall–Kier alpha value is 0.240. The summed E-state index contributed by atoms with van der Waals surface area (Å²) in [6.45, 7) is 1.86. The summed E-state index contributed by atoms with van der Waals surface area (Å²) in [6.07, 6.45) is 5.06. The van der Waals surface area contributed by atoms with E-state index in [1.807, 2.05) is 4.90 Å². The van der Waals surface area contributed by atoms with E-state index < -0.39 is 0 Å². The highest BCUT2D eigenvalue weighted by atomic mass is 79.9. The molecule has 0 bridgehead atoms. The Kier molecular flexibility index (Phi) is 3.61. The van der Waals surface area contributed by atoms with Crippen LogP contribution in [0, 0.1) is 11.3 Å². The molecular formula is C11H17BrClNO. The molecule has 1 saturated carbocycles. The summed E-state index contributed by atoms with van der Waals surface area (Å²) in [5.74, 6) is 1.06. The van der Waals surface area contributed by atoms with Gasteiger partial charge in [-0.2, -0.15) is 0 Å². The van der Waals surface area contributed by atoms with Crippen LogP contribution in [0.25, 0.3) is 0 Å². The van der Waals surface area contributed by atoms with Gasteiger partial charge >= 0.3 is 0 Å². The van der Waals surface area contributed by atoms with Crippen LogP contribution in [0.5, 0.6) is 0 Å². The van der Waals surface area contributed by atoms with Gasteiger partial charge in [0, 0.05) is 18.4 Å². The first kappa shape index (κ1) is 11.7. The van der Waals surface area contributed by atoms with Gasteiger partial charge in [-0.15, -0.1) is 11.6 Å². The fourth-order valence-electron chi connectivity index (χ4n) is 3.06. The van der Waals surface area contributed by atoms with Crippen molar-refractivity contribution in [2.45, 2.75) is 25.7 Å². The lowest BCUT2D eigenvalue weighted by Crippen LogP contribution is -2.32. The van der Waals surface area contributed by atoms with Crippen molar-refractivity contribution in [2.75, 3.05) is 24.3 Å².